The maximum atomic E-state index is 9.84. The molecule has 162 valence electrons. The van der Waals surface area contributed by atoms with E-state index >= 15 is 0 Å². The molecule has 0 bridgehead atoms. The Morgan fingerprint density at radius 3 is 2.56 bits per heavy atom. The number of aromatic hydroxyl groups is 1. The lowest BCUT2D eigenvalue weighted by atomic mass is 9.83. The molecule has 0 aliphatic carbocycles. The third-order valence-corrected chi connectivity index (χ3v) is 6.20. The maximum absolute atomic E-state index is 9.84. The van der Waals surface area contributed by atoms with Crippen molar-refractivity contribution in [2.75, 3.05) is 7.11 Å². The zero-order valence-corrected chi connectivity index (χ0v) is 20.1. The fourth-order valence-electron chi connectivity index (χ4n) is 3.57. The van der Waals surface area contributed by atoms with E-state index in [2.05, 4.69) is 37.9 Å². The van der Waals surface area contributed by atoms with Gasteiger partial charge in [0.05, 0.1) is 17.5 Å². The van der Waals surface area contributed by atoms with Crippen LogP contribution in [0.2, 0.25) is 0 Å². The van der Waals surface area contributed by atoms with Crippen LogP contribution in [0.15, 0.2) is 75.0 Å². The minimum atomic E-state index is -0.491. The van der Waals surface area contributed by atoms with Crippen LogP contribution in [0.5, 0.6) is 23.0 Å². The largest absolute Gasteiger partial charge is 0.508 e. The summed E-state index contributed by atoms with van der Waals surface area (Å²) in [5, 5.41) is 19.6. The number of rotatable bonds is 5. The lowest BCUT2D eigenvalue weighted by molar-refractivity contribution is 0.282. The van der Waals surface area contributed by atoms with E-state index in [0.29, 0.717) is 33.9 Å². The summed E-state index contributed by atoms with van der Waals surface area (Å²) in [6, 6.07) is 18.4. The van der Waals surface area contributed by atoms with Gasteiger partial charge < -0.3 is 25.1 Å². The van der Waals surface area contributed by atoms with Gasteiger partial charge in [0.1, 0.15) is 29.7 Å². The number of hydrogen-bond acceptors (Lipinski definition) is 6. The second kappa shape index (κ2) is 9.15. The van der Waals surface area contributed by atoms with E-state index < -0.39 is 5.92 Å². The first-order chi connectivity index (χ1) is 15.4. The SMILES string of the molecule is COc1cc([C@@H]2C(C#N)=C(N)Oc3cc(O)ccc32)cc(Br)c1OCc1ccc(Br)cc1. The fourth-order valence-corrected chi connectivity index (χ4v) is 4.41. The molecule has 3 aromatic carbocycles. The Labute approximate surface area is 202 Å². The molecule has 1 heterocycles. The topological polar surface area (TPSA) is 97.7 Å². The quantitative estimate of drug-likeness (QED) is 0.416. The molecule has 0 amide bonds. The molecule has 3 N–H and O–H groups in total. The molecular weight excluding hydrogens is 540 g/mol. The first kappa shape index (κ1) is 22.1. The second-order valence-electron chi connectivity index (χ2n) is 7.10. The highest BCUT2D eigenvalue weighted by molar-refractivity contribution is 9.10. The number of phenolic OH excluding ortho intramolecular Hbond substituents is 1. The van der Waals surface area contributed by atoms with Crippen LogP contribution in [0.3, 0.4) is 0 Å². The number of fused-ring (bicyclic) bond motifs is 1. The summed E-state index contributed by atoms with van der Waals surface area (Å²) < 4.78 is 18.9. The third-order valence-electron chi connectivity index (χ3n) is 5.08. The summed E-state index contributed by atoms with van der Waals surface area (Å²) in [6.07, 6.45) is 0. The zero-order chi connectivity index (χ0) is 22.8. The van der Waals surface area contributed by atoms with E-state index in [1.165, 1.54) is 6.07 Å². The molecule has 1 atom stereocenters. The van der Waals surface area contributed by atoms with E-state index in [9.17, 15) is 10.4 Å². The molecular formula is C24H18Br2N2O4. The Bertz CT molecular complexity index is 1250. The number of allylic oxidation sites excluding steroid dienone is 1. The first-order valence-electron chi connectivity index (χ1n) is 9.56. The van der Waals surface area contributed by atoms with Gasteiger partial charge in [-0.05, 0) is 57.4 Å². The van der Waals surface area contributed by atoms with Gasteiger partial charge in [-0.25, -0.2) is 0 Å². The predicted octanol–water partition coefficient (Wildman–Crippen LogP) is 5.72. The molecule has 0 saturated carbocycles. The summed E-state index contributed by atoms with van der Waals surface area (Å²) >= 11 is 7.01. The van der Waals surface area contributed by atoms with Crippen LogP contribution in [0.25, 0.3) is 0 Å². The summed E-state index contributed by atoms with van der Waals surface area (Å²) in [7, 11) is 1.56. The number of benzene rings is 3. The number of ether oxygens (including phenoxy) is 3. The van der Waals surface area contributed by atoms with Crippen molar-refractivity contribution in [1.29, 1.82) is 5.26 Å². The smallest absolute Gasteiger partial charge is 0.205 e. The van der Waals surface area contributed by atoms with Gasteiger partial charge in [0.25, 0.3) is 0 Å². The molecule has 0 spiro atoms. The lowest BCUT2D eigenvalue weighted by Gasteiger charge is -2.27. The monoisotopic (exact) mass is 556 g/mol. The van der Waals surface area contributed by atoms with Gasteiger partial charge in [0.2, 0.25) is 5.88 Å². The Hall–Kier alpha value is -3.15. The molecule has 3 aromatic rings. The number of halogens is 2. The maximum Gasteiger partial charge on any atom is 0.205 e. The van der Waals surface area contributed by atoms with Crippen LogP contribution < -0.4 is 19.9 Å². The number of methoxy groups -OCH3 is 1. The van der Waals surface area contributed by atoms with Crippen LogP contribution in [0.4, 0.5) is 0 Å². The predicted molar refractivity (Wildman–Crippen MR) is 127 cm³/mol. The summed E-state index contributed by atoms with van der Waals surface area (Å²) in [5.41, 5.74) is 8.79. The molecule has 0 radical (unpaired) electrons. The van der Waals surface area contributed by atoms with E-state index in [1.807, 2.05) is 36.4 Å². The van der Waals surface area contributed by atoms with Gasteiger partial charge in [-0.3, -0.25) is 0 Å². The van der Waals surface area contributed by atoms with Gasteiger partial charge in [-0.2, -0.15) is 5.26 Å². The average molecular weight is 558 g/mol. The van der Waals surface area contributed by atoms with Gasteiger partial charge in [0, 0.05) is 16.1 Å². The molecule has 1 aliphatic rings. The van der Waals surface area contributed by atoms with Crippen LogP contribution in [0.1, 0.15) is 22.6 Å². The van der Waals surface area contributed by atoms with Crippen molar-refractivity contribution in [2.45, 2.75) is 12.5 Å². The Kier molecular flexibility index (Phi) is 6.31. The van der Waals surface area contributed by atoms with Crippen molar-refractivity contribution in [3.8, 4) is 29.1 Å². The minimum absolute atomic E-state index is 0.00116. The van der Waals surface area contributed by atoms with Gasteiger partial charge >= 0.3 is 0 Å². The number of nitrogens with zero attached hydrogens (tertiary/aromatic N) is 1. The third kappa shape index (κ3) is 4.27. The van der Waals surface area contributed by atoms with E-state index in [-0.39, 0.29) is 17.2 Å². The fraction of sp³-hybridized carbons (Fsp3) is 0.125. The molecule has 8 heteroatoms. The highest BCUT2D eigenvalue weighted by Crippen LogP contribution is 2.47. The van der Waals surface area contributed by atoms with Crippen molar-refractivity contribution in [3.05, 3.63) is 91.7 Å². The summed E-state index contributed by atoms with van der Waals surface area (Å²) in [5.74, 6) is 1.02. The highest BCUT2D eigenvalue weighted by atomic mass is 79.9. The normalized spacial score (nSPS) is 14.9. The van der Waals surface area contributed by atoms with Crippen LogP contribution in [-0.2, 0) is 6.61 Å². The summed E-state index contributed by atoms with van der Waals surface area (Å²) in [4.78, 5) is 0. The van der Waals surface area contributed by atoms with Crippen LogP contribution >= 0.6 is 31.9 Å². The lowest BCUT2D eigenvalue weighted by Crippen LogP contribution is -2.21. The highest BCUT2D eigenvalue weighted by Gasteiger charge is 2.32. The second-order valence-corrected chi connectivity index (χ2v) is 8.87. The molecule has 32 heavy (non-hydrogen) atoms. The molecule has 0 saturated heterocycles. The number of nitriles is 1. The van der Waals surface area contributed by atoms with E-state index in [1.54, 1.807) is 19.2 Å². The van der Waals surface area contributed by atoms with Gasteiger partial charge in [-0.1, -0.05) is 34.1 Å². The zero-order valence-electron chi connectivity index (χ0n) is 16.9. The van der Waals surface area contributed by atoms with Crippen molar-refractivity contribution in [1.82, 2.24) is 0 Å². The van der Waals surface area contributed by atoms with E-state index in [0.717, 1.165) is 15.6 Å². The molecule has 6 nitrogen and oxygen atoms in total. The molecule has 0 fully saturated rings. The Morgan fingerprint density at radius 2 is 1.88 bits per heavy atom. The van der Waals surface area contributed by atoms with Gasteiger partial charge in [-0.15, -0.1) is 0 Å². The number of nitrogens with two attached hydrogens (primary N) is 1. The Balaban J connectivity index is 1.74. The Morgan fingerprint density at radius 1 is 1.12 bits per heavy atom. The van der Waals surface area contributed by atoms with Crippen molar-refractivity contribution >= 4 is 31.9 Å². The molecule has 0 unspecified atom stereocenters. The van der Waals surface area contributed by atoms with Crippen molar-refractivity contribution in [3.63, 3.8) is 0 Å². The molecule has 1 aliphatic heterocycles. The van der Waals surface area contributed by atoms with Crippen LogP contribution in [0, 0.1) is 11.3 Å². The minimum Gasteiger partial charge on any atom is -0.508 e. The van der Waals surface area contributed by atoms with E-state index in [4.69, 9.17) is 19.9 Å². The van der Waals surface area contributed by atoms with Gasteiger partial charge in [0.15, 0.2) is 11.5 Å². The molecule has 0 aromatic heterocycles. The molecule has 4 rings (SSSR count). The number of hydrogen-bond donors (Lipinski definition) is 2. The number of phenols is 1. The standard InChI is InChI=1S/C24H18Br2N2O4/c1-30-21-9-14(8-19(26)23(21)31-12-13-2-4-15(25)5-3-13)22-17-7-6-16(29)10-20(17)32-24(28)18(22)11-27/h2-10,22,29H,12,28H2,1H3/t22-/m0/s1. The first-order valence-corrected chi connectivity index (χ1v) is 11.1. The summed E-state index contributed by atoms with van der Waals surface area (Å²) in [6.45, 7) is 0.358. The van der Waals surface area contributed by atoms with Crippen molar-refractivity contribution < 1.29 is 19.3 Å². The van der Waals surface area contributed by atoms with Crippen molar-refractivity contribution in [2.24, 2.45) is 5.73 Å². The van der Waals surface area contributed by atoms with Crippen LogP contribution in [-0.4, -0.2) is 12.2 Å². The average Bonchev–Trinajstić information content (AvgIpc) is 2.77.